The molecule has 1 aliphatic heterocycles. The molecular weight excluding hydrogens is 417 g/mol. The highest BCUT2D eigenvalue weighted by Gasteiger charge is 2.38. The number of likely N-dealkylation sites (tertiary alicyclic amines) is 1. The van der Waals surface area contributed by atoms with Crippen molar-refractivity contribution in [3.05, 3.63) is 35.7 Å². The Hall–Kier alpha value is -3.11. The third-order valence-corrected chi connectivity index (χ3v) is 4.74. The van der Waals surface area contributed by atoms with Crippen LogP contribution in [-0.2, 0) is 10.9 Å². The van der Waals surface area contributed by atoms with Gasteiger partial charge in [0.25, 0.3) is 5.91 Å². The number of rotatable bonds is 3. The molecule has 1 aromatic carbocycles. The van der Waals surface area contributed by atoms with Crippen molar-refractivity contribution in [1.82, 2.24) is 19.9 Å². The number of carbonyl (C=O) groups excluding carboxylic acids is 2. The Morgan fingerprint density at radius 3 is 2.39 bits per heavy atom. The number of hydrogen-bond acceptors (Lipinski definition) is 6. The van der Waals surface area contributed by atoms with E-state index in [9.17, 15) is 22.8 Å². The summed E-state index contributed by atoms with van der Waals surface area (Å²) in [6.45, 7) is 6.20. The first kappa shape index (κ1) is 22.6. The summed E-state index contributed by atoms with van der Waals surface area (Å²) in [5.41, 5.74) is 0.0370. The minimum Gasteiger partial charge on any atom is -0.444 e. The quantitative estimate of drug-likeness (QED) is 0.721. The summed E-state index contributed by atoms with van der Waals surface area (Å²) < 4.78 is 47.4. The van der Waals surface area contributed by atoms with Crippen molar-refractivity contribution in [2.45, 2.75) is 45.0 Å². The van der Waals surface area contributed by atoms with Crippen LogP contribution in [0.5, 0.6) is 0 Å². The topological polar surface area (TPSA) is 88.8 Å². The van der Waals surface area contributed by atoms with Crippen LogP contribution in [-0.4, -0.2) is 63.7 Å². The molecule has 0 aliphatic carbocycles. The highest BCUT2D eigenvalue weighted by atomic mass is 19.4. The number of likely N-dealkylation sites (N-methyl/N-ethyl adjacent to an activating group) is 1. The molecule has 0 bridgehead atoms. The molecule has 31 heavy (non-hydrogen) atoms. The number of aromatic nitrogens is 2. The van der Waals surface area contributed by atoms with Crippen molar-refractivity contribution >= 4 is 12.0 Å². The van der Waals surface area contributed by atoms with Gasteiger partial charge in [0.1, 0.15) is 5.60 Å². The number of benzene rings is 1. The molecule has 3 rings (SSSR count). The first-order valence-electron chi connectivity index (χ1n) is 9.61. The van der Waals surface area contributed by atoms with Gasteiger partial charge in [-0.1, -0.05) is 17.3 Å². The molecule has 1 aromatic heterocycles. The fraction of sp³-hybridized carbons (Fsp3) is 0.500. The van der Waals surface area contributed by atoms with Gasteiger partial charge < -0.3 is 19.1 Å². The predicted molar refractivity (Wildman–Crippen MR) is 103 cm³/mol. The molecule has 1 fully saturated rings. The normalized spacial score (nSPS) is 17.0. The van der Waals surface area contributed by atoms with Crippen LogP contribution in [0, 0.1) is 0 Å². The molecule has 0 saturated carbocycles. The zero-order valence-electron chi connectivity index (χ0n) is 17.6. The van der Waals surface area contributed by atoms with E-state index < -0.39 is 23.8 Å². The first-order valence-corrected chi connectivity index (χ1v) is 9.61. The zero-order chi connectivity index (χ0) is 23.0. The molecule has 0 N–H and O–H groups in total. The molecule has 11 heteroatoms. The van der Waals surface area contributed by atoms with Crippen LogP contribution < -0.4 is 0 Å². The van der Waals surface area contributed by atoms with Crippen LogP contribution in [0.2, 0.25) is 0 Å². The van der Waals surface area contributed by atoms with Crippen LogP contribution in [0.1, 0.15) is 43.4 Å². The van der Waals surface area contributed by atoms with E-state index in [1.54, 1.807) is 37.6 Å². The van der Waals surface area contributed by atoms with E-state index >= 15 is 0 Å². The average Bonchev–Trinajstić information content (AvgIpc) is 3.35. The first-order chi connectivity index (χ1) is 14.3. The number of carbonyl (C=O) groups is 2. The van der Waals surface area contributed by atoms with Gasteiger partial charge in [-0.15, -0.1) is 0 Å². The van der Waals surface area contributed by atoms with Crippen molar-refractivity contribution in [3.63, 3.8) is 0 Å². The standard InChI is InChI=1S/C20H23F3N4O4/c1-19(2,3)30-18(29)27-10-9-14(11-27)26(4)16(28)13-7-5-12(6-8-13)15-24-17(31-25-15)20(21,22)23/h5-8,14H,9-11H2,1-4H3. The minimum absolute atomic E-state index is 0.175. The lowest BCUT2D eigenvalue weighted by Gasteiger charge is -2.27. The number of hydrogen-bond donors (Lipinski definition) is 0. The molecule has 0 spiro atoms. The van der Waals surface area contributed by atoms with Gasteiger partial charge in [0.2, 0.25) is 5.82 Å². The Morgan fingerprint density at radius 2 is 1.84 bits per heavy atom. The molecule has 2 heterocycles. The van der Waals surface area contributed by atoms with Crippen molar-refractivity contribution < 1.29 is 32.0 Å². The number of nitrogens with zero attached hydrogens (tertiary/aromatic N) is 4. The van der Waals surface area contributed by atoms with Gasteiger partial charge in [-0.3, -0.25) is 4.79 Å². The molecule has 1 saturated heterocycles. The van der Waals surface area contributed by atoms with Crippen molar-refractivity contribution in [2.24, 2.45) is 0 Å². The Labute approximate surface area is 176 Å². The van der Waals surface area contributed by atoms with Gasteiger partial charge in [-0.25, -0.2) is 4.79 Å². The van der Waals surface area contributed by atoms with Gasteiger partial charge >= 0.3 is 18.2 Å². The Morgan fingerprint density at radius 1 is 1.19 bits per heavy atom. The summed E-state index contributed by atoms with van der Waals surface area (Å²) in [5, 5.41) is 3.32. The maximum absolute atomic E-state index is 12.8. The van der Waals surface area contributed by atoms with Crippen LogP contribution >= 0.6 is 0 Å². The molecule has 2 aromatic rings. The van der Waals surface area contributed by atoms with Gasteiger partial charge in [-0.05, 0) is 39.3 Å². The molecular formula is C20H23F3N4O4. The SMILES string of the molecule is CN(C(=O)c1ccc(-c2noc(C(F)(F)F)n2)cc1)C1CCN(C(=O)OC(C)(C)C)C1. The van der Waals surface area contributed by atoms with E-state index in [0.717, 1.165) is 0 Å². The van der Waals surface area contributed by atoms with E-state index in [1.165, 1.54) is 24.3 Å². The number of halogens is 3. The third-order valence-electron chi connectivity index (χ3n) is 4.74. The molecule has 0 radical (unpaired) electrons. The van der Waals surface area contributed by atoms with Gasteiger partial charge in [0.15, 0.2) is 0 Å². The van der Waals surface area contributed by atoms with E-state index in [0.29, 0.717) is 25.1 Å². The van der Waals surface area contributed by atoms with Gasteiger partial charge in [0.05, 0.1) is 6.04 Å². The Balaban J connectivity index is 1.64. The average molecular weight is 440 g/mol. The zero-order valence-corrected chi connectivity index (χ0v) is 17.6. The highest BCUT2D eigenvalue weighted by Crippen LogP contribution is 2.29. The second-order valence-electron chi connectivity index (χ2n) is 8.28. The van der Waals surface area contributed by atoms with Crippen LogP contribution in [0.25, 0.3) is 11.4 Å². The molecule has 168 valence electrons. The van der Waals surface area contributed by atoms with E-state index in [-0.39, 0.29) is 23.3 Å². The fourth-order valence-electron chi connectivity index (χ4n) is 3.14. The maximum atomic E-state index is 12.8. The number of ether oxygens (including phenoxy) is 1. The van der Waals surface area contributed by atoms with Gasteiger partial charge in [-0.2, -0.15) is 18.2 Å². The minimum atomic E-state index is -4.72. The fourth-order valence-corrected chi connectivity index (χ4v) is 3.14. The van der Waals surface area contributed by atoms with Crippen molar-refractivity contribution in [1.29, 1.82) is 0 Å². The summed E-state index contributed by atoms with van der Waals surface area (Å²) in [6.07, 6.45) is -4.53. The maximum Gasteiger partial charge on any atom is 0.471 e. The van der Waals surface area contributed by atoms with Crippen LogP contribution in [0.3, 0.4) is 0 Å². The summed E-state index contributed by atoms with van der Waals surface area (Å²) in [5.74, 6) is -1.92. The van der Waals surface area contributed by atoms with E-state index in [1.807, 2.05) is 0 Å². The molecule has 1 aliphatic rings. The molecule has 8 nitrogen and oxygen atoms in total. The number of alkyl halides is 3. The lowest BCUT2D eigenvalue weighted by molar-refractivity contribution is -0.159. The lowest BCUT2D eigenvalue weighted by Crippen LogP contribution is -2.41. The summed E-state index contributed by atoms with van der Waals surface area (Å²) in [7, 11) is 1.65. The van der Waals surface area contributed by atoms with Crippen LogP contribution in [0.4, 0.5) is 18.0 Å². The predicted octanol–water partition coefficient (Wildman–Crippen LogP) is 3.84. The smallest absolute Gasteiger partial charge is 0.444 e. The van der Waals surface area contributed by atoms with Crippen molar-refractivity contribution in [3.8, 4) is 11.4 Å². The monoisotopic (exact) mass is 440 g/mol. The molecule has 2 amide bonds. The largest absolute Gasteiger partial charge is 0.471 e. The number of amides is 2. The van der Waals surface area contributed by atoms with E-state index in [2.05, 4.69) is 14.7 Å². The van der Waals surface area contributed by atoms with Crippen LogP contribution in [0.15, 0.2) is 28.8 Å². The third kappa shape index (κ3) is 5.33. The van der Waals surface area contributed by atoms with Gasteiger partial charge in [0, 0.05) is 31.3 Å². The second-order valence-corrected chi connectivity index (χ2v) is 8.28. The Bertz CT molecular complexity index is 951. The highest BCUT2D eigenvalue weighted by molar-refractivity contribution is 5.94. The molecule has 1 atom stereocenters. The lowest BCUT2D eigenvalue weighted by atomic mass is 10.1. The Kier molecular flexibility index (Phi) is 5.97. The summed E-state index contributed by atoms with van der Waals surface area (Å²) >= 11 is 0. The van der Waals surface area contributed by atoms with Crippen molar-refractivity contribution in [2.75, 3.05) is 20.1 Å². The summed E-state index contributed by atoms with van der Waals surface area (Å²) in [6, 6.07) is 5.70. The molecule has 1 unspecified atom stereocenters. The van der Waals surface area contributed by atoms with E-state index in [4.69, 9.17) is 4.74 Å². The summed E-state index contributed by atoms with van der Waals surface area (Å²) in [4.78, 5) is 31.5. The second kappa shape index (κ2) is 8.20.